The predicted octanol–water partition coefficient (Wildman–Crippen LogP) is 3.88. The number of aliphatic hydroxyl groups is 1. The standard InChI is InChI=1S/C24H22ClF2NO5/c25-13-1-4-20-15(5-13)18(29)7-21(33-20)19(30)8-23-10-24(11-23,12-23)28-22(31)9-32-14-2-3-16(26)17(27)6-14/h1-6,18,21,29H,7-12H2,(H,28,31)/t18-,21-,23?,24?/m0/s1. The van der Waals surface area contributed by atoms with Gasteiger partial charge in [0, 0.05) is 35.0 Å². The van der Waals surface area contributed by atoms with E-state index in [1.807, 2.05) is 0 Å². The lowest BCUT2D eigenvalue weighted by molar-refractivity contribution is -0.175. The molecule has 2 N–H and O–H groups in total. The molecule has 2 atom stereocenters. The normalized spacial score (nSPS) is 29.1. The second-order valence-electron chi connectivity index (χ2n) is 9.41. The second kappa shape index (κ2) is 7.95. The van der Waals surface area contributed by atoms with Crippen molar-refractivity contribution < 1.29 is 33.0 Å². The van der Waals surface area contributed by atoms with Crippen LogP contribution in [0.15, 0.2) is 36.4 Å². The van der Waals surface area contributed by atoms with Gasteiger partial charge in [-0.2, -0.15) is 0 Å². The SMILES string of the molecule is O=C(COc1ccc(F)c(F)c1)NC12CC(CC(=O)[C@@H]3C[C@H](O)c4cc(Cl)ccc4O3)(C1)C2. The minimum Gasteiger partial charge on any atom is -0.484 e. The number of amides is 1. The van der Waals surface area contributed by atoms with Gasteiger partial charge in [0.25, 0.3) is 5.91 Å². The molecule has 6 rings (SSSR count). The predicted molar refractivity (Wildman–Crippen MR) is 114 cm³/mol. The maximum Gasteiger partial charge on any atom is 0.258 e. The molecule has 0 spiro atoms. The smallest absolute Gasteiger partial charge is 0.258 e. The van der Waals surface area contributed by atoms with Crippen molar-refractivity contribution in [3.8, 4) is 11.5 Å². The Balaban J connectivity index is 1.10. The maximum absolute atomic E-state index is 13.2. The third-order valence-electron chi connectivity index (χ3n) is 6.75. The van der Waals surface area contributed by atoms with E-state index < -0.39 is 23.8 Å². The fourth-order valence-corrected chi connectivity index (χ4v) is 5.64. The van der Waals surface area contributed by atoms with Crippen LogP contribution in [0.3, 0.4) is 0 Å². The number of hydrogen-bond donors (Lipinski definition) is 2. The van der Waals surface area contributed by atoms with Gasteiger partial charge in [-0.05, 0) is 55.0 Å². The molecule has 1 heterocycles. The minimum absolute atomic E-state index is 0.0593. The Morgan fingerprint density at radius 2 is 1.91 bits per heavy atom. The first-order chi connectivity index (χ1) is 15.7. The zero-order valence-corrected chi connectivity index (χ0v) is 18.3. The fraction of sp³-hybridized carbons (Fsp3) is 0.417. The number of halogens is 3. The first kappa shape index (κ1) is 22.1. The van der Waals surface area contributed by atoms with E-state index in [1.165, 1.54) is 6.07 Å². The van der Waals surface area contributed by atoms with Gasteiger partial charge in [-0.15, -0.1) is 0 Å². The number of ketones is 1. The van der Waals surface area contributed by atoms with E-state index in [9.17, 15) is 23.5 Å². The van der Waals surface area contributed by atoms with Crippen molar-refractivity contribution in [1.82, 2.24) is 5.32 Å². The van der Waals surface area contributed by atoms with Crippen LogP contribution in [0, 0.1) is 17.0 Å². The average molecular weight is 478 g/mol. The quantitative estimate of drug-likeness (QED) is 0.632. The molecule has 9 heteroatoms. The van der Waals surface area contributed by atoms with Crippen molar-refractivity contribution in [3.05, 3.63) is 58.6 Å². The third kappa shape index (κ3) is 4.17. The number of rotatable bonds is 7. The Morgan fingerprint density at radius 1 is 1.15 bits per heavy atom. The van der Waals surface area contributed by atoms with Crippen molar-refractivity contribution >= 4 is 23.3 Å². The van der Waals surface area contributed by atoms with Crippen LogP contribution in [0.4, 0.5) is 8.78 Å². The molecule has 4 aliphatic rings. The molecule has 2 aromatic carbocycles. The summed E-state index contributed by atoms with van der Waals surface area (Å²) in [6, 6.07) is 8.05. The van der Waals surface area contributed by atoms with E-state index in [2.05, 4.69) is 5.32 Å². The summed E-state index contributed by atoms with van der Waals surface area (Å²) in [7, 11) is 0. The molecule has 0 unspecified atom stereocenters. The number of carbonyl (C=O) groups excluding carboxylic acids is 2. The molecule has 3 saturated carbocycles. The van der Waals surface area contributed by atoms with Gasteiger partial charge in [0.1, 0.15) is 11.5 Å². The summed E-state index contributed by atoms with van der Waals surface area (Å²) in [5.74, 6) is -1.90. The largest absolute Gasteiger partial charge is 0.484 e. The van der Waals surface area contributed by atoms with Crippen LogP contribution < -0.4 is 14.8 Å². The lowest BCUT2D eigenvalue weighted by Crippen LogP contribution is -2.75. The number of hydrogen-bond acceptors (Lipinski definition) is 5. The van der Waals surface area contributed by atoms with E-state index in [0.29, 0.717) is 42.0 Å². The molecular weight excluding hydrogens is 456 g/mol. The van der Waals surface area contributed by atoms with Crippen LogP contribution in [0.1, 0.15) is 43.8 Å². The zero-order chi connectivity index (χ0) is 23.4. The van der Waals surface area contributed by atoms with Gasteiger partial charge in [0.05, 0.1) is 6.10 Å². The molecule has 1 amide bonds. The zero-order valence-electron chi connectivity index (χ0n) is 17.6. The summed E-state index contributed by atoms with van der Waals surface area (Å²) in [6.07, 6.45) is 1.05. The van der Waals surface area contributed by atoms with Gasteiger partial charge >= 0.3 is 0 Å². The molecule has 0 aromatic heterocycles. The Kier molecular flexibility index (Phi) is 5.33. The van der Waals surface area contributed by atoms with Gasteiger partial charge in [-0.1, -0.05) is 11.6 Å². The molecule has 0 saturated heterocycles. The number of fused-ring (bicyclic) bond motifs is 1. The third-order valence-corrected chi connectivity index (χ3v) is 6.99. The highest BCUT2D eigenvalue weighted by molar-refractivity contribution is 6.30. The summed E-state index contributed by atoms with van der Waals surface area (Å²) < 4.78 is 37.2. The Hall–Kier alpha value is -2.71. The van der Waals surface area contributed by atoms with Crippen molar-refractivity contribution in [2.45, 2.75) is 49.9 Å². The molecule has 33 heavy (non-hydrogen) atoms. The van der Waals surface area contributed by atoms with Crippen LogP contribution in [0.5, 0.6) is 11.5 Å². The average Bonchev–Trinajstić information content (AvgIpc) is 2.72. The number of carbonyl (C=O) groups is 2. The van der Waals surface area contributed by atoms with Crippen LogP contribution in [0.2, 0.25) is 5.02 Å². The van der Waals surface area contributed by atoms with Crippen LogP contribution in [-0.2, 0) is 9.59 Å². The first-order valence-electron chi connectivity index (χ1n) is 10.7. The monoisotopic (exact) mass is 477 g/mol. The lowest BCUT2D eigenvalue weighted by atomic mass is 9.38. The molecule has 6 nitrogen and oxygen atoms in total. The van der Waals surface area contributed by atoms with Gasteiger partial charge < -0.3 is 19.9 Å². The van der Waals surface area contributed by atoms with Gasteiger partial charge in [-0.3, -0.25) is 9.59 Å². The molecular formula is C24H22ClF2NO5. The highest BCUT2D eigenvalue weighted by Crippen LogP contribution is 2.69. The number of ether oxygens (including phenoxy) is 2. The van der Waals surface area contributed by atoms with Crippen LogP contribution in [-0.4, -0.2) is 35.0 Å². The second-order valence-corrected chi connectivity index (χ2v) is 9.84. The molecule has 1 aliphatic heterocycles. The Bertz CT molecular complexity index is 1120. The van der Waals surface area contributed by atoms with Crippen molar-refractivity contribution in [2.75, 3.05) is 6.61 Å². The molecule has 2 bridgehead atoms. The van der Waals surface area contributed by atoms with E-state index >= 15 is 0 Å². The minimum atomic E-state index is -1.04. The van der Waals surface area contributed by atoms with E-state index in [1.54, 1.807) is 18.2 Å². The maximum atomic E-state index is 13.2. The van der Waals surface area contributed by atoms with Crippen molar-refractivity contribution in [3.63, 3.8) is 0 Å². The van der Waals surface area contributed by atoms with E-state index in [4.69, 9.17) is 21.1 Å². The van der Waals surface area contributed by atoms with Crippen molar-refractivity contribution in [1.29, 1.82) is 0 Å². The molecule has 174 valence electrons. The molecule has 3 aliphatic carbocycles. The van der Waals surface area contributed by atoms with Crippen molar-refractivity contribution in [2.24, 2.45) is 5.41 Å². The first-order valence-corrected chi connectivity index (χ1v) is 11.1. The number of nitrogens with one attached hydrogen (secondary N) is 1. The molecule has 0 radical (unpaired) electrons. The summed E-state index contributed by atoms with van der Waals surface area (Å²) >= 11 is 5.97. The molecule has 2 aromatic rings. The van der Waals surface area contributed by atoms with Crippen LogP contribution >= 0.6 is 11.6 Å². The lowest BCUT2D eigenvalue weighted by Gasteiger charge is -2.70. The highest BCUT2D eigenvalue weighted by Gasteiger charge is 2.68. The van der Waals surface area contributed by atoms with Gasteiger partial charge in [-0.25, -0.2) is 8.78 Å². The Morgan fingerprint density at radius 3 is 2.64 bits per heavy atom. The fourth-order valence-electron chi connectivity index (χ4n) is 5.46. The topological polar surface area (TPSA) is 84.9 Å². The summed E-state index contributed by atoms with van der Waals surface area (Å²) in [5.41, 5.74) is 0.0922. The van der Waals surface area contributed by atoms with E-state index in [-0.39, 0.29) is 41.4 Å². The summed E-state index contributed by atoms with van der Waals surface area (Å²) in [5, 5.41) is 13.8. The van der Waals surface area contributed by atoms with Crippen LogP contribution in [0.25, 0.3) is 0 Å². The van der Waals surface area contributed by atoms with Gasteiger partial charge in [0.2, 0.25) is 0 Å². The number of benzene rings is 2. The highest BCUT2D eigenvalue weighted by atomic mass is 35.5. The number of aliphatic hydroxyl groups excluding tert-OH is 1. The Labute approximate surface area is 193 Å². The van der Waals surface area contributed by atoms with Gasteiger partial charge in [0.15, 0.2) is 30.1 Å². The van der Waals surface area contributed by atoms with E-state index in [0.717, 1.165) is 12.1 Å². The number of Topliss-reactive ketones (excluding diaryl/α,β-unsaturated/α-hetero) is 1. The summed E-state index contributed by atoms with van der Waals surface area (Å²) in [4.78, 5) is 25.1. The molecule has 3 fully saturated rings. The summed E-state index contributed by atoms with van der Waals surface area (Å²) in [6.45, 7) is -0.310.